The first-order valence-electron chi connectivity index (χ1n) is 6.51. The number of carbonyl (C=O) groups excluding carboxylic acids is 1. The molecule has 106 valence electrons. The summed E-state index contributed by atoms with van der Waals surface area (Å²) < 4.78 is 10.4. The summed E-state index contributed by atoms with van der Waals surface area (Å²) in [5.41, 5.74) is 1.77. The average Bonchev–Trinajstić information content (AvgIpc) is 2.97. The molecule has 0 amide bonds. The highest BCUT2D eigenvalue weighted by Gasteiger charge is 2.13. The Kier molecular flexibility index (Phi) is 4.03. The molecule has 21 heavy (non-hydrogen) atoms. The van der Waals surface area contributed by atoms with Gasteiger partial charge in [-0.2, -0.15) is 4.37 Å². The highest BCUT2D eigenvalue weighted by atomic mass is 79.9. The van der Waals surface area contributed by atoms with Gasteiger partial charge >= 0.3 is 5.97 Å². The van der Waals surface area contributed by atoms with Crippen LogP contribution in [0, 0.1) is 0 Å². The fourth-order valence-corrected chi connectivity index (χ4v) is 3.38. The first-order valence-corrected chi connectivity index (χ1v) is 8.08. The van der Waals surface area contributed by atoms with E-state index in [0.29, 0.717) is 11.5 Å². The van der Waals surface area contributed by atoms with Gasteiger partial charge in [-0.05, 0) is 47.4 Å². The summed E-state index contributed by atoms with van der Waals surface area (Å²) in [4.78, 5) is 12.2. The van der Waals surface area contributed by atoms with E-state index in [9.17, 15) is 4.79 Å². The van der Waals surface area contributed by atoms with Crippen LogP contribution >= 0.6 is 27.5 Å². The average molecular weight is 362 g/mol. The van der Waals surface area contributed by atoms with Crippen LogP contribution in [0.2, 0.25) is 0 Å². The fraction of sp³-hybridized carbons (Fsp3) is 0.125. The third kappa shape index (κ3) is 2.84. The van der Waals surface area contributed by atoms with E-state index in [4.69, 9.17) is 4.74 Å². The van der Waals surface area contributed by atoms with Crippen LogP contribution in [0.3, 0.4) is 0 Å². The lowest BCUT2D eigenvalue weighted by Gasteiger charge is -2.04. The molecule has 0 aliphatic rings. The molecule has 0 fully saturated rings. The van der Waals surface area contributed by atoms with Crippen molar-refractivity contribution in [2.75, 3.05) is 6.61 Å². The summed E-state index contributed by atoms with van der Waals surface area (Å²) >= 11 is 4.75. The SMILES string of the molecule is CCOC(=O)c1cc(-c2cc(Br)c3ccccc3c2)ns1. The van der Waals surface area contributed by atoms with Crippen molar-refractivity contribution in [1.82, 2.24) is 4.37 Å². The Morgan fingerprint density at radius 1 is 1.29 bits per heavy atom. The van der Waals surface area contributed by atoms with E-state index in [-0.39, 0.29) is 5.97 Å². The molecular formula is C16H12BrNO2S. The maximum atomic E-state index is 11.7. The summed E-state index contributed by atoms with van der Waals surface area (Å²) in [6, 6.07) is 14.0. The van der Waals surface area contributed by atoms with Crippen molar-refractivity contribution in [1.29, 1.82) is 0 Å². The standard InChI is InChI=1S/C16H12BrNO2S/c1-2-20-16(19)15-9-14(18-21-15)11-7-10-5-3-4-6-12(10)13(17)8-11/h3-9H,2H2,1H3. The van der Waals surface area contributed by atoms with E-state index in [1.807, 2.05) is 18.2 Å². The molecule has 0 atom stereocenters. The Balaban J connectivity index is 2.03. The van der Waals surface area contributed by atoms with Gasteiger partial charge in [-0.1, -0.05) is 40.2 Å². The molecule has 0 aliphatic heterocycles. The first-order chi connectivity index (χ1) is 10.2. The minimum atomic E-state index is -0.318. The van der Waals surface area contributed by atoms with Gasteiger partial charge < -0.3 is 4.74 Å². The van der Waals surface area contributed by atoms with Crippen LogP contribution in [-0.2, 0) is 4.74 Å². The Labute approximate surface area is 134 Å². The van der Waals surface area contributed by atoms with Crippen LogP contribution in [0.25, 0.3) is 22.0 Å². The van der Waals surface area contributed by atoms with E-state index in [1.165, 1.54) is 0 Å². The molecule has 1 heterocycles. The predicted molar refractivity (Wildman–Crippen MR) is 88.7 cm³/mol. The van der Waals surface area contributed by atoms with Gasteiger partial charge in [0.1, 0.15) is 4.88 Å². The number of carbonyl (C=O) groups is 1. The first kappa shape index (κ1) is 14.2. The predicted octanol–water partition coefficient (Wildman–Crippen LogP) is 4.90. The molecule has 0 N–H and O–H groups in total. The van der Waals surface area contributed by atoms with Crippen LogP contribution in [0.15, 0.2) is 46.9 Å². The Morgan fingerprint density at radius 3 is 2.90 bits per heavy atom. The van der Waals surface area contributed by atoms with Crippen molar-refractivity contribution in [3.63, 3.8) is 0 Å². The molecular weight excluding hydrogens is 350 g/mol. The van der Waals surface area contributed by atoms with Crippen molar-refractivity contribution in [2.24, 2.45) is 0 Å². The summed E-state index contributed by atoms with van der Waals surface area (Å²) in [5, 5.41) is 2.29. The minimum absolute atomic E-state index is 0.318. The van der Waals surface area contributed by atoms with Gasteiger partial charge in [0.05, 0.1) is 12.3 Å². The second-order valence-corrected chi connectivity index (χ2v) is 6.14. The lowest BCUT2D eigenvalue weighted by atomic mass is 10.1. The molecule has 0 spiro atoms. The molecule has 3 rings (SSSR count). The van der Waals surface area contributed by atoms with Gasteiger partial charge in [0.2, 0.25) is 0 Å². The maximum absolute atomic E-state index is 11.7. The molecule has 0 saturated carbocycles. The molecule has 0 unspecified atom stereocenters. The zero-order chi connectivity index (χ0) is 14.8. The molecule has 0 aliphatic carbocycles. The van der Waals surface area contributed by atoms with Crippen molar-refractivity contribution in [3.8, 4) is 11.3 Å². The lowest BCUT2D eigenvalue weighted by molar-refractivity contribution is 0.0532. The quantitative estimate of drug-likeness (QED) is 0.622. The normalized spacial score (nSPS) is 10.8. The van der Waals surface area contributed by atoms with Crippen LogP contribution in [-0.4, -0.2) is 16.9 Å². The van der Waals surface area contributed by atoms with E-state index in [1.54, 1.807) is 13.0 Å². The zero-order valence-corrected chi connectivity index (χ0v) is 13.7. The van der Waals surface area contributed by atoms with E-state index >= 15 is 0 Å². The number of nitrogens with zero attached hydrogens (tertiary/aromatic N) is 1. The van der Waals surface area contributed by atoms with Crippen LogP contribution < -0.4 is 0 Å². The molecule has 5 heteroatoms. The third-order valence-corrected chi connectivity index (χ3v) is 4.52. The number of ether oxygens (including phenoxy) is 1. The monoisotopic (exact) mass is 361 g/mol. The highest BCUT2D eigenvalue weighted by Crippen LogP contribution is 2.31. The van der Waals surface area contributed by atoms with Gasteiger partial charge in [0.15, 0.2) is 0 Å². The Morgan fingerprint density at radius 2 is 2.10 bits per heavy atom. The number of rotatable bonds is 3. The van der Waals surface area contributed by atoms with Crippen molar-refractivity contribution >= 4 is 44.2 Å². The van der Waals surface area contributed by atoms with Gasteiger partial charge in [-0.15, -0.1) is 0 Å². The van der Waals surface area contributed by atoms with E-state index in [0.717, 1.165) is 38.0 Å². The van der Waals surface area contributed by atoms with Crippen molar-refractivity contribution in [2.45, 2.75) is 6.92 Å². The number of fused-ring (bicyclic) bond motifs is 1. The lowest BCUT2D eigenvalue weighted by Crippen LogP contribution is -2.01. The van der Waals surface area contributed by atoms with Crippen molar-refractivity contribution < 1.29 is 9.53 Å². The molecule has 1 aromatic heterocycles. The third-order valence-electron chi connectivity index (χ3n) is 3.09. The second-order valence-electron chi connectivity index (χ2n) is 4.48. The number of benzene rings is 2. The topological polar surface area (TPSA) is 39.2 Å². The van der Waals surface area contributed by atoms with Crippen LogP contribution in [0.1, 0.15) is 16.6 Å². The van der Waals surface area contributed by atoms with E-state index < -0.39 is 0 Å². The zero-order valence-electron chi connectivity index (χ0n) is 11.3. The molecule has 0 bridgehead atoms. The summed E-state index contributed by atoms with van der Waals surface area (Å²) in [6.07, 6.45) is 0. The second kappa shape index (κ2) is 5.95. The van der Waals surface area contributed by atoms with Gasteiger partial charge in [-0.25, -0.2) is 4.79 Å². The van der Waals surface area contributed by atoms with Crippen molar-refractivity contribution in [3.05, 3.63) is 51.8 Å². The highest BCUT2D eigenvalue weighted by molar-refractivity contribution is 9.10. The maximum Gasteiger partial charge on any atom is 0.349 e. The molecule has 0 radical (unpaired) electrons. The molecule has 3 aromatic rings. The van der Waals surface area contributed by atoms with Crippen LogP contribution in [0.4, 0.5) is 0 Å². The molecule has 0 saturated heterocycles. The number of hydrogen-bond donors (Lipinski definition) is 0. The smallest absolute Gasteiger partial charge is 0.349 e. The number of aromatic nitrogens is 1. The largest absolute Gasteiger partial charge is 0.462 e. The number of halogens is 1. The summed E-state index contributed by atoms with van der Waals surface area (Å²) in [6.45, 7) is 2.16. The molecule has 2 aromatic carbocycles. The van der Waals surface area contributed by atoms with E-state index in [2.05, 4.69) is 38.5 Å². The fourth-order valence-electron chi connectivity index (χ4n) is 2.12. The number of esters is 1. The van der Waals surface area contributed by atoms with Gasteiger partial charge in [-0.3, -0.25) is 0 Å². The minimum Gasteiger partial charge on any atom is -0.462 e. The Bertz CT molecular complexity index is 813. The summed E-state index contributed by atoms with van der Waals surface area (Å²) in [5.74, 6) is -0.318. The molecule has 3 nitrogen and oxygen atoms in total. The van der Waals surface area contributed by atoms with Crippen LogP contribution in [0.5, 0.6) is 0 Å². The number of hydrogen-bond acceptors (Lipinski definition) is 4. The Hall–Kier alpha value is -1.72. The summed E-state index contributed by atoms with van der Waals surface area (Å²) in [7, 11) is 0. The van der Waals surface area contributed by atoms with Gasteiger partial charge in [0, 0.05) is 10.0 Å². The van der Waals surface area contributed by atoms with Gasteiger partial charge in [0.25, 0.3) is 0 Å².